The molecule has 1 aromatic carbocycles. The maximum atomic E-state index is 10.6. The van der Waals surface area contributed by atoms with Crippen molar-refractivity contribution in [1.29, 1.82) is 0 Å². The van der Waals surface area contributed by atoms with Gasteiger partial charge in [0.05, 0.1) is 16.8 Å². The van der Waals surface area contributed by atoms with Gasteiger partial charge < -0.3 is 4.84 Å². The van der Waals surface area contributed by atoms with Gasteiger partial charge >= 0.3 is 0 Å². The number of hydrogen-bond acceptors (Lipinski definition) is 5. The van der Waals surface area contributed by atoms with Crippen LogP contribution in [0.3, 0.4) is 0 Å². The Labute approximate surface area is 85.8 Å². The highest BCUT2D eigenvalue weighted by molar-refractivity contribution is 5.54. The van der Waals surface area contributed by atoms with Crippen LogP contribution in [0.5, 0.6) is 0 Å². The second-order valence-corrected chi connectivity index (χ2v) is 3.08. The predicted molar refractivity (Wildman–Crippen MR) is 53.6 cm³/mol. The molecular weight excluding hydrogens is 198 g/mol. The molecule has 6 heteroatoms. The van der Waals surface area contributed by atoms with Gasteiger partial charge in [-0.1, -0.05) is 11.7 Å². The van der Waals surface area contributed by atoms with Crippen molar-refractivity contribution in [3.63, 3.8) is 0 Å². The third-order valence-corrected chi connectivity index (χ3v) is 1.93. The first kappa shape index (κ1) is 9.47. The number of allylic oxidation sites excluding steroid dienone is 1. The van der Waals surface area contributed by atoms with Crippen molar-refractivity contribution in [2.45, 2.75) is 6.92 Å². The van der Waals surface area contributed by atoms with Crippen LogP contribution in [0, 0.1) is 10.1 Å². The van der Waals surface area contributed by atoms with E-state index < -0.39 is 4.92 Å². The molecule has 1 aliphatic rings. The summed E-state index contributed by atoms with van der Waals surface area (Å²) in [6.07, 6.45) is 1.71. The molecule has 0 radical (unpaired) electrons. The third kappa shape index (κ3) is 1.89. The summed E-state index contributed by atoms with van der Waals surface area (Å²) in [7, 11) is 0. The number of nitro benzene ring substituents is 1. The second kappa shape index (κ2) is 3.58. The lowest BCUT2D eigenvalue weighted by Crippen LogP contribution is -2.26. The molecule has 0 unspecified atom stereocenters. The largest absolute Gasteiger partial charge is 0.392 e. The molecule has 0 bridgehead atoms. The van der Waals surface area contributed by atoms with Crippen LogP contribution in [-0.2, 0) is 4.84 Å². The Hall–Kier alpha value is -2.08. The summed E-state index contributed by atoms with van der Waals surface area (Å²) in [5, 5.41) is 12.1. The van der Waals surface area contributed by atoms with Crippen LogP contribution in [-0.4, -0.2) is 4.92 Å². The summed E-state index contributed by atoms with van der Waals surface area (Å²) in [4.78, 5) is 15.1. The number of benzene rings is 1. The van der Waals surface area contributed by atoms with E-state index in [1.807, 2.05) is 0 Å². The Morgan fingerprint density at radius 1 is 1.53 bits per heavy atom. The topological polar surface area (TPSA) is 67.6 Å². The van der Waals surface area contributed by atoms with Gasteiger partial charge in [0, 0.05) is 12.1 Å². The fraction of sp³-hybridized carbons (Fsp3) is 0.111. The lowest BCUT2D eigenvalue weighted by Gasteiger charge is -2.12. The van der Waals surface area contributed by atoms with E-state index in [2.05, 4.69) is 5.59 Å². The van der Waals surface area contributed by atoms with Crippen molar-refractivity contribution in [2.75, 3.05) is 5.01 Å². The van der Waals surface area contributed by atoms with Gasteiger partial charge in [-0.3, -0.25) is 10.1 Å². The zero-order valence-corrected chi connectivity index (χ0v) is 8.01. The molecule has 78 valence electrons. The normalized spacial score (nSPS) is 14.7. The molecule has 0 spiro atoms. The minimum Gasteiger partial charge on any atom is -0.392 e. The van der Waals surface area contributed by atoms with Crippen LogP contribution in [0.25, 0.3) is 0 Å². The van der Waals surface area contributed by atoms with Crippen LogP contribution in [0.2, 0.25) is 0 Å². The third-order valence-electron chi connectivity index (χ3n) is 1.93. The summed E-state index contributed by atoms with van der Waals surface area (Å²) in [5.41, 5.74) is 3.31. The molecule has 0 fully saturated rings. The Balaban J connectivity index is 2.29. The molecule has 1 aliphatic heterocycles. The van der Waals surface area contributed by atoms with Crippen LogP contribution < -0.4 is 10.6 Å². The standard InChI is InChI=1S/C9H9N3O3/c1-7-6-11(10-15-7)8-3-2-4-9(5-8)12(13)14/h2-6,10H,1H3. The van der Waals surface area contributed by atoms with Gasteiger partial charge in [0.15, 0.2) is 0 Å². The van der Waals surface area contributed by atoms with Crippen molar-refractivity contribution in [3.05, 3.63) is 46.3 Å². The van der Waals surface area contributed by atoms with Crippen molar-refractivity contribution in [2.24, 2.45) is 0 Å². The molecule has 1 aromatic rings. The van der Waals surface area contributed by atoms with E-state index in [0.717, 1.165) is 0 Å². The molecule has 0 amide bonds. The van der Waals surface area contributed by atoms with E-state index in [4.69, 9.17) is 4.84 Å². The molecular formula is C9H9N3O3. The fourth-order valence-electron chi connectivity index (χ4n) is 1.24. The Kier molecular flexibility index (Phi) is 2.26. The van der Waals surface area contributed by atoms with Crippen molar-refractivity contribution < 1.29 is 9.76 Å². The number of rotatable bonds is 2. The molecule has 0 atom stereocenters. The van der Waals surface area contributed by atoms with Crippen molar-refractivity contribution >= 4 is 11.4 Å². The molecule has 0 saturated carbocycles. The molecule has 0 aromatic heterocycles. The summed E-state index contributed by atoms with van der Waals surface area (Å²) in [6, 6.07) is 6.28. The van der Waals surface area contributed by atoms with E-state index in [0.29, 0.717) is 11.4 Å². The van der Waals surface area contributed by atoms with Gasteiger partial charge in [-0.05, 0) is 13.0 Å². The van der Waals surface area contributed by atoms with Gasteiger partial charge in [-0.2, -0.15) is 0 Å². The van der Waals surface area contributed by atoms with E-state index >= 15 is 0 Å². The van der Waals surface area contributed by atoms with E-state index in [-0.39, 0.29) is 5.69 Å². The highest BCUT2D eigenvalue weighted by Crippen LogP contribution is 2.22. The van der Waals surface area contributed by atoms with E-state index in [1.54, 1.807) is 30.3 Å². The number of nitrogens with one attached hydrogen (secondary N) is 1. The molecule has 2 rings (SSSR count). The first-order chi connectivity index (χ1) is 7.16. The first-order valence-electron chi connectivity index (χ1n) is 4.31. The maximum absolute atomic E-state index is 10.6. The summed E-state index contributed by atoms with van der Waals surface area (Å²) < 4.78 is 0. The van der Waals surface area contributed by atoms with Crippen molar-refractivity contribution in [3.8, 4) is 0 Å². The lowest BCUT2D eigenvalue weighted by atomic mass is 10.3. The Morgan fingerprint density at radius 2 is 2.33 bits per heavy atom. The molecule has 0 aliphatic carbocycles. The number of anilines is 1. The number of nitrogens with zero attached hydrogens (tertiary/aromatic N) is 2. The first-order valence-corrected chi connectivity index (χ1v) is 4.31. The summed E-state index contributed by atoms with van der Waals surface area (Å²) >= 11 is 0. The molecule has 15 heavy (non-hydrogen) atoms. The van der Waals surface area contributed by atoms with Gasteiger partial charge in [0.2, 0.25) is 0 Å². The number of hydrazine groups is 1. The fourth-order valence-corrected chi connectivity index (χ4v) is 1.24. The average Bonchev–Trinajstić information content (AvgIpc) is 2.65. The zero-order chi connectivity index (χ0) is 10.8. The number of non-ortho nitro benzene ring substituents is 1. The smallest absolute Gasteiger partial charge is 0.271 e. The molecule has 0 saturated heterocycles. The molecule has 1 heterocycles. The van der Waals surface area contributed by atoms with Gasteiger partial charge in [0.1, 0.15) is 5.76 Å². The minimum absolute atomic E-state index is 0.0484. The Bertz CT molecular complexity index is 430. The quantitative estimate of drug-likeness (QED) is 0.590. The van der Waals surface area contributed by atoms with Crippen LogP contribution in [0.4, 0.5) is 11.4 Å². The van der Waals surface area contributed by atoms with Crippen LogP contribution in [0.15, 0.2) is 36.2 Å². The summed E-state index contributed by atoms with van der Waals surface area (Å²) in [5.74, 6) is 0.696. The maximum Gasteiger partial charge on any atom is 0.271 e. The average molecular weight is 207 g/mol. The van der Waals surface area contributed by atoms with E-state index in [9.17, 15) is 10.1 Å². The minimum atomic E-state index is -0.434. The SMILES string of the molecule is CC1=CN(c2cccc([N+](=O)[O-])c2)NO1. The van der Waals surface area contributed by atoms with Crippen molar-refractivity contribution in [1.82, 2.24) is 5.59 Å². The van der Waals surface area contributed by atoms with Gasteiger partial charge in [-0.25, -0.2) is 5.01 Å². The lowest BCUT2D eigenvalue weighted by molar-refractivity contribution is -0.384. The summed E-state index contributed by atoms with van der Waals surface area (Å²) in [6.45, 7) is 1.78. The zero-order valence-electron chi connectivity index (χ0n) is 8.01. The number of hydrogen-bond donors (Lipinski definition) is 1. The highest BCUT2D eigenvalue weighted by atomic mass is 16.7. The molecule has 6 nitrogen and oxygen atoms in total. The van der Waals surface area contributed by atoms with Crippen LogP contribution >= 0.6 is 0 Å². The Morgan fingerprint density at radius 3 is 2.93 bits per heavy atom. The monoisotopic (exact) mass is 207 g/mol. The number of nitro groups is 1. The molecule has 1 N–H and O–H groups in total. The van der Waals surface area contributed by atoms with Crippen LogP contribution in [0.1, 0.15) is 6.92 Å². The van der Waals surface area contributed by atoms with E-state index in [1.165, 1.54) is 12.1 Å². The second-order valence-electron chi connectivity index (χ2n) is 3.08. The van der Waals surface area contributed by atoms with Gasteiger partial charge in [-0.15, -0.1) is 0 Å². The highest BCUT2D eigenvalue weighted by Gasteiger charge is 2.14. The predicted octanol–water partition coefficient (Wildman–Crippen LogP) is 1.71. The van der Waals surface area contributed by atoms with Gasteiger partial charge in [0.25, 0.3) is 5.69 Å².